The second-order valence-electron chi connectivity index (χ2n) is 32.9. The highest BCUT2D eigenvalue weighted by Crippen LogP contribution is 2.38. The van der Waals surface area contributed by atoms with E-state index in [0.717, 1.165) is 193 Å². The van der Waals surface area contributed by atoms with Crippen LogP contribution < -0.4 is 4.74 Å². The van der Waals surface area contributed by atoms with E-state index in [2.05, 4.69) is 230 Å². The van der Waals surface area contributed by atoms with Gasteiger partial charge in [-0.2, -0.15) is 15.3 Å². The molecule has 5 aromatic carbocycles. The Hall–Kier alpha value is -18.0. The molecule has 0 bridgehead atoms. The molecule has 684 valence electrons. The summed E-state index contributed by atoms with van der Waals surface area (Å²) in [5.41, 5.74) is 32.4. The van der Waals surface area contributed by atoms with E-state index in [0.29, 0.717) is 88.9 Å². The summed E-state index contributed by atoms with van der Waals surface area (Å²) >= 11 is 18.6. The van der Waals surface area contributed by atoms with Gasteiger partial charge in [0.25, 0.3) is 0 Å². The van der Waals surface area contributed by atoms with Crippen molar-refractivity contribution in [3.05, 3.63) is 354 Å². The Morgan fingerprint density at radius 1 is 0.393 bits per heavy atom. The van der Waals surface area contributed by atoms with Crippen molar-refractivity contribution in [2.24, 2.45) is 19.1 Å². The molecule has 6 aliphatic rings. The van der Waals surface area contributed by atoms with E-state index < -0.39 is 0 Å². The van der Waals surface area contributed by atoms with E-state index in [4.69, 9.17) is 53.4 Å². The van der Waals surface area contributed by atoms with Crippen molar-refractivity contribution in [1.82, 2.24) is 157 Å². The fraction of sp³-hybridized carbons (Fsp3) is 0.160. The van der Waals surface area contributed by atoms with E-state index in [1.807, 2.05) is 145 Å². The lowest BCUT2D eigenvalue weighted by Gasteiger charge is -2.10. The Bertz CT molecular complexity index is 8750. The van der Waals surface area contributed by atoms with E-state index in [-0.39, 0.29) is 0 Å². The average Bonchev–Trinajstić information content (AvgIpc) is 1.62. The van der Waals surface area contributed by atoms with E-state index in [1.54, 1.807) is 106 Å². The second kappa shape index (κ2) is 37.0. The average molecular weight is 1910 g/mol. The van der Waals surface area contributed by atoms with E-state index >= 15 is 0 Å². The van der Waals surface area contributed by atoms with Gasteiger partial charge in [-0.1, -0.05) is 90.8 Å². The number of nitrogens with zero attached hydrogens (tertiary/aromatic N) is 32. The van der Waals surface area contributed by atoms with Crippen molar-refractivity contribution in [2.75, 3.05) is 21.3 Å². The monoisotopic (exact) mass is 1910 g/mol. The molecule has 0 atom stereocenters. The van der Waals surface area contributed by atoms with Gasteiger partial charge >= 0.3 is 0 Å². The maximum absolute atomic E-state index is 6.23. The van der Waals surface area contributed by atoms with Crippen molar-refractivity contribution in [3.8, 4) is 122 Å². The molecule has 0 unspecified atom stereocenters. The van der Waals surface area contributed by atoms with Gasteiger partial charge in [-0.15, -0.1) is 25.5 Å². The molecule has 21 heterocycles. The number of fused-ring (bicyclic) bond motifs is 26. The SMILES string of the molecule is CC1=NC=C(C#Cc2ncn3c2Cc2cnnn2-c2cc(Cl)ccc2-3)C1.COCc1nnn2c1Cc1c(C#Cc3ccnn3C)ncn1-c1ccc(C)cc1-2.COCc1nnn2c1Cc1c(C#Cc3cn[nH]c3OC)ncn1-c1ccc(C)cc1-2.Clc1ccc2c(c1)-n1nncc1Cc1c(C#Cc3cnc4occc4c3)ncn1-2.Cn1nccc1C#Cc1ncn2c1Cc1cnnn1-c1cc(Cl)ccc1-2. The van der Waals surface area contributed by atoms with Crippen LogP contribution in [0.4, 0.5) is 0 Å². The number of pyridine rings is 1. The van der Waals surface area contributed by atoms with Crippen molar-refractivity contribution in [3.63, 3.8) is 0 Å². The summed E-state index contributed by atoms with van der Waals surface area (Å²) in [6.45, 7) is 6.92. The highest BCUT2D eigenvalue weighted by atomic mass is 35.5. The molecule has 0 aliphatic carbocycles. The summed E-state index contributed by atoms with van der Waals surface area (Å²) in [5, 5.41) is 60.3. The van der Waals surface area contributed by atoms with Crippen LogP contribution in [0.1, 0.15) is 144 Å². The third-order valence-corrected chi connectivity index (χ3v) is 24.6. The largest absolute Gasteiger partial charge is 0.480 e. The molecule has 0 saturated heterocycles. The zero-order chi connectivity index (χ0) is 95.3. The Morgan fingerprint density at radius 3 is 1.22 bits per heavy atom. The van der Waals surface area contributed by atoms with Crippen LogP contribution in [-0.4, -0.2) is 185 Å². The van der Waals surface area contributed by atoms with Gasteiger partial charge in [0.15, 0.2) is 0 Å². The number of halogens is 3. The molecule has 140 heavy (non-hydrogen) atoms. The maximum atomic E-state index is 6.23. The van der Waals surface area contributed by atoms with Crippen LogP contribution in [0.3, 0.4) is 0 Å². The molecule has 26 rings (SSSR count). The van der Waals surface area contributed by atoms with Gasteiger partial charge in [0.1, 0.15) is 88.4 Å². The van der Waals surface area contributed by atoms with E-state index in [9.17, 15) is 0 Å². The number of ether oxygens (including phenoxy) is 3. The molecule has 1 N–H and O–H groups in total. The quantitative estimate of drug-likeness (QED) is 0.156. The fourth-order valence-electron chi connectivity index (χ4n) is 17.1. The van der Waals surface area contributed by atoms with Gasteiger partial charge in [-0.3, -0.25) is 37.2 Å². The predicted octanol–water partition coefficient (Wildman–Crippen LogP) is 12.7. The number of nitrogens with one attached hydrogen (secondary N) is 1. The van der Waals surface area contributed by atoms with Gasteiger partial charge in [0.2, 0.25) is 11.6 Å². The number of benzene rings is 5. The van der Waals surface area contributed by atoms with Crippen molar-refractivity contribution >= 4 is 51.6 Å². The topological polar surface area (TPSA) is 373 Å². The number of rotatable bonds is 5. The standard InChI is InChI=1S/C21H11ClN6O.C21H19N7O2.C21H19N7O.C19H13ClN6.C18H12ClN7/c22-15-2-4-18-20(8-15)28-16(11-25-26-28)9-19-17(24-12-27(18)19)3-1-13-7-14-5-6-29-21(14)23-10-13;1-13-4-7-17-20(8-13)28-19(16(11-29-2)24-26-28)9-18-15(22-12-27(17)18)6-5-14-10-23-25-21(14)30-3;1-14-4-7-18-21(10-14)28-20(17(12-29-3)24-25-28)11-19-16(22-13-27(18)19)6-5-15-8-9-23-26(15)2;1-12-6-13(9-21-12)2-4-16-18-8-15-10-23-24-26(15)19-7-14(20)3-5-17(19)25(18)11-22-16;1-24-13(6-7-22-24)3-4-15-17-9-14-10-21-23-26(14)18-8-12(19)2-5-16(18)25(17)11-20-15/h2,4-8,10-12H,9H2;4,7-8,10,12H,9,11H2,1-3H3,(H,23,25);4,7-10,13H,11-12H2,1-3H3;3,5,7,9-11H,6,8H2,1H3;2,5-8,10-11H,9H2,1H3. The highest BCUT2D eigenvalue weighted by Gasteiger charge is 2.32. The summed E-state index contributed by atoms with van der Waals surface area (Å²) in [4.78, 5) is 31.4. The zero-order valence-electron chi connectivity index (χ0n) is 75.8. The molecule has 0 saturated carbocycles. The number of imidazole rings is 5. The van der Waals surface area contributed by atoms with E-state index in [1.165, 1.54) is 0 Å². The van der Waals surface area contributed by atoms with Gasteiger partial charge in [0, 0.05) is 117 Å². The number of allylic oxidation sites excluding steroid dienone is 1. The number of aryl methyl sites for hydroxylation is 4. The summed E-state index contributed by atoms with van der Waals surface area (Å²) in [5.74, 6) is 32.2. The molecular formula is C100H74Cl3N33O4. The predicted molar refractivity (Wildman–Crippen MR) is 515 cm³/mol. The van der Waals surface area contributed by atoms with Crippen molar-refractivity contribution in [2.45, 2.75) is 72.5 Å². The Labute approximate surface area is 811 Å². The number of aliphatic imine (C=N–C) groups is 1. The molecule has 6 aliphatic heterocycles. The number of hydrogen-bond acceptors (Lipinski definition) is 24. The van der Waals surface area contributed by atoms with Crippen LogP contribution >= 0.6 is 34.8 Å². The lowest BCUT2D eigenvalue weighted by Crippen LogP contribution is -2.04. The number of H-pyrrole nitrogens is 1. The highest BCUT2D eigenvalue weighted by molar-refractivity contribution is 6.31. The summed E-state index contributed by atoms with van der Waals surface area (Å²) in [6.07, 6.45) is 28.3. The lowest BCUT2D eigenvalue weighted by atomic mass is 10.1. The first kappa shape index (κ1) is 87.3. The van der Waals surface area contributed by atoms with Crippen LogP contribution in [0, 0.1) is 73.1 Å². The van der Waals surface area contributed by atoms with Crippen LogP contribution in [0.5, 0.6) is 5.88 Å². The molecule has 0 amide bonds. The lowest BCUT2D eigenvalue weighted by molar-refractivity contribution is 0.180. The summed E-state index contributed by atoms with van der Waals surface area (Å²) in [7, 11) is 8.63. The molecule has 20 aromatic rings. The fourth-order valence-corrected chi connectivity index (χ4v) is 17.6. The normalized spacial score (nSPS) is 12.3. The Morgan fingerprint density at radius 2 is 0.807 bits per heavy atom. The third kappa shape index (κ3) is 16.7. The number of methoxy groups -OCH3 is 3. The van der Waals surface area contributed by atoms with Crippen LogP contribution in [-0.2, 0) is 68.9 Å². The summed E-state index contributed by atoms with van der Waals surface area (Å²) < 4.78 is 44.2. The zero-order valence-corrected chi connectivity index (χ0v) is 78.1. The van der Waals surface area contributed by atoms with Crippen molar-refractivity contribution in [1.29, 1.82) is 0 Å². The first-order valence-electron chi connectivity index (χ1n) is 43.7. The number of furan rings is 1. The number of hydrogen-bond donors (Lipinski definition) is 1. The Kier molecular flexibility index (Phi) is 23.1. The van der Waals surface area contributed by atoms with Crippen molar-refractivity contribution < 1.29 is 18.6 Å². The molecule has 37 nitrogen and oxygen atoms in total. The third-order valence-electron chi connectivity index (χ3n) is 23.9. The molecule has 0 fully saturated rings. The first-order chi connectivity index (χ1) is 68.5. The van der Waals surface area contributed by atoms with Gasteiger partial charge in [0.05, 0.1) is 178 Å². The summed E-state index contributed by atoms with van der Waals surface area (Å²) in [6, 6.07) is 37.2. The van der Waals surface area contributed by atoms with Gasteiger partial charge in [-0.25, -0.2) is 58.4 Å². The van der Waals surface area contributed by atoms with Crippen LogP contribution in [0.25, 0.3) is 68.0 Å². The minimum atomic E-state index is 0.387. The van der Waals surface area contributed by atoms with Crippen LogP contribution in [0.15, 0.2) is 218 Å². The molecule has 40 heteroatoms. The minimum absolute atomic E-state index is 0.387. The maximum Gasteiger partial charge on any atom is 0.225 e. The second-order valence-corrected chi connectivity index (χ2v) is 34.2. The van der Waals surface area contributed by atoms with Gasteiger partial charge in [-0.05, 0) is 176 Å². The number of aromatic nitrogens is 32. The number of aromatic amines is 1. The smallest absolute Gasteiger partial charge is 0.225 e. The van der Waals surface area contributed by atoms with Crippen LogP contribution in [0.2, 0.25) is 15.1 Å². The Balaban J connectivity index is 0.000000101. The molecule has 0 spiro atoms. The first-order valence-corrected chi connectivity index (χ1v) is 44.8. The molecule has 15 aromatic heterocycles. The molecule has 0 radical (unpaired) electrons. The minimum Gasteiger partial charge on any atom is -0.480 e. The van der Waals surface area contributed by atoms with Gasteiger partial charge < -0.3 is 18.6 Å². The molecular weight excluding hydrogens is 1830 g/mol.